The van der Waals surface area contributed by atoms with Gasteiger partial charge in [-0.1, -0.05) is 42.7 Å². The highest BCUT2D eigenvalue weighted by Crippen LogP contribution is 2.46. The number of carbonyl (C=O) groups excluding carboxylic acids is 1. The van der Waals surface area contributed by atoms with Gasteiger partial charge in [-0.3, -0.25) is 13.9 Å². The van der Waals surface area contributed by atoms with E-state index in [1.54, 1.807) is 7.05 Å². The lowest BCUT2D eigenvalue weighted by Crippen LogP contribution is -2.32. The Balaban J connectivity index is 1.55. The Morgan fingerprint density at radius 1 is 1.07 bits per heavy atom. The molecule has 0 aliphatic heterocycles. The summed E-state index contributed by atoms with van der Waals surface area (Å²) in [4.78, 5) is 28.4. The van der Waals surface area contributed by atoms with Crippen LogP contribution < -0.4 is 14.9 Å². The molecule has 3 aromatic rings. The SMILES string of the molecule is CNC(=O)c1c(-c2ccc(C)cc2)oc2nc(N(CCCCCCNCCCC(=O)O)S(C)(=O)=O)c(C3CC3)cc12. The van der Waals surface area contributed by atoms with Gasteiger partial charge in [0.1, 0.15) is 11.6 Å². The van der Waals surface area contributed by atoms with Crippen LogP contribution in [0, 0.1) is 6.92 Å². The van der Waals surface area contributed by atoms with Crippen molar-refractivity contribution < 1.29 is 27.5 Å². The Morgan fingerprint density at radius 2 is 1.76 bits per heavy atom. The van der Waals surface area contributed by atoms with Gasteiger partial charge in [0.25, 0.3) is 5.91 Å². The number of carboxylic acid groups (broad SMARTS) is 1. The van der Waals surface area contributed by atoms with Crippen molar-refractivity contribution in [3.63, 3.8) is 0 Å². The van der Waals surface area contributed by atoms with Gasteiger partial charge < -0.3 is 20.2 Å². The van der Waals surface area contributed by atoms with E-state index in [0.29, 0.717) is 48.5 Å². The second-order valence-corrected chi connectivity index (χ2v) is 12.7. The summed E-state index contributed by atoms with van der Waals surface area (Å²) in [5.41, 5.74) is 3.29. The molecule has 0 atom stereocenters. The zero-order valence-corrected chi connectivity index (χ0v) is 24.8. The molecule has 3 N–H and O–H groups in total. The summed E-state index contributed by atoms with van der Waals surface area (Å²) in [7, 11) is -2.05. The maximum atomic E-state index is 13.0. The molecule has 0 bridgehead atoms. The minimum atomic E-state index is -3.62. The molecule has 10 nitrogen and oxygen atoms in total. The fourth-order valence-electron chi connectivity index (χ4n) is 4.96. The second-order valence-electron chi connectivity index (χ2n) is 10.8. The predicted molar refractivity (Wildman–Crippen MR) is 160 cm³/mol. The minimum absolute atomic E-state index is 0.162. The van der Waals surface area contributed by atoms with Gasteiger partial charge in [-0.25, -0.2) is 8.42 Å². The van der Waals surface area contributed by atoms with Crippen molar-refractivity contribution >= 4 is 38.8 Å². The van der Waals surface area contributed by atoms with Gasteiger partial charge in [0, 0.05) is 25.6 Å². The number of furan rings is 1. The van der Waals surface area contributed by atoms with Crippen LogP contribution in [0.4, 0.5) is 5.82 Å². The van der Waals surface area contributed by atoms with E-state index in [9.17, 15) is 18.0 Å². The van der Waals surface area contributed by atoms with Crippen LogP contribution >= 0.6 is 0 Å². The van der Waals surface area contributed by atoms with Gasteiger partial charge >= 0.3 is 5.97 Å². The van der Waals surface area contributed by atoms with Crippen molar-refractivity contribution in [1.29, 1.82) is 0 Å². The summed E-state index contributed by atoms with van der Waals surface area (Å²) < 4.78 is 33.6. The molecular formula is C30H40N4O6S. The lowest BCUT2D eigenvalue weighted by Gasteiger charge is -2.24. The smallest absolute Gasteiger partial charge is 0.303 e. The highest BCUT2D eigenvalue weighted by Gasteiger charge is 2.34. The van der Waals surface area contributed by atoms with Crippen molar-refractivity contribution in [1.82, 2.24) is 15.6 Å². The average Bonchev–Trinajstić information content (AvgIpc) is 3.70. The third-order valence-corrected chi connectivity index (χ3v) is 8.48. The Labute approximate surface area is 241 Å². The van der Waals surface area contributed by atoms with E-state index in [-0.39, 0.29) is 24.0 Å². The number of fused-ring (bicyclic) bond motifs is 1. The normalized spacial score (nSPS) is 13.4. The average molecular weight is 585 g/mol. The van der Waals surface area contributed by atoms with Crippen LogP contribution in [0.25, 0.3) is 22.4 Å². The number of nitrogens with one attached hydrogen (secondary N) is 2. The lowest BCUT2D eigenvalue weighted by molar-refractivity contribution is -0.137. The van der Waals surface area contributed by atoms with E-state index >= 15 is 0 Å². The van der Waals surface area contributed by atoms with Gasteiger partial charge in [0.05, 0.1) is 17.2 Å². The maximum Gasteiger partial charge on any atom is 0.303 e. The first-order valence-electron chi connectivity index (χ1n) is 14.3. The molecule has 2 heterocycles. The van der Waals surface area contributed by atoms with E-state index in [0.717, 1.165) is 55.3 Å². The van der Waals surface area contributed by atoms with Crippen LogP contribution in [-0.2, 0) is 14.8 Å². The number of aliphatic carboxylic acids is 1. The molecule has 1 fully saturated rings. The van der Waals surface area contributed by atoms with Gasteiger partial charge in [0.2, 0.25) is 15.7 Å². The molecule has 1 aliphatic carbocycles. The monoisotopic (exact) mass is 584 g/mol. The summed E-state index contributed by atoms with van der Waals surface area (Å²) in [5.74, 6) is -0.0876. The van der Waals surface area contributed by atoms with Gasteiger partial charge in [0.15, 0.2) is 0 Å². The van der Waals surface area contributed by atoms with E-state index in [2.05, 4.69) is 10.6 Å². The van der Waals surface area contributed by atoms with Crippen molar-refractivity contribution in [2.24, 2.45) is 0 Å². The van der Waals surface area contributed by atoms with E-state index in [4.69, 9.17) is 14.5 Å². The Bertz CT molecular complexity index is 1480. The first-order valence-corrected chi connectivity index (χ1v) is 16.1. The summed E-state index contributed by atoms with van der Waals surface area (Å²) in [6.07, 6.45) is 7.23. The summed E-state index contributed by atoms with van der Waals surface area (Å²) in [6.45, 7) is 3.76. The number of unbranched alkanes of at least 4 members (excludes halogenated alkanes) is 3. The van der Waals surface area contributed by atoms with Crippen molar-refractivity contribution in [2.45, 2.75) is 64.2 Å². The molecule has 0 unspecified atom stereocenters. The molecule has 1 amide bonds. The van der Waals surface area contributed by atoms with Crippen LogP contribution in [0.15, 0.2) is 34.7 Å². The number of benzene rings is 1. The number of amides is 1. The number of nitrogens with zero attached hydrogens (tertiary/aromatic N) is 2. The summed E-state index contributed by atoms with van der Waals surface area (Å²) in [6, 6.07) is 9.60. The number of pyridine rings is 1. The molecule has 0 radical (unpaired) electrons. The third kappa shape index (κ3) is 7.85. The molecule has 1 aliphatic rings. The first kappa shape index (κ1) is 30.5. The summed E-state index contributed by atoms with van der Waals surface area (Å²) in [5, 5.41) is 15.2. The molecule has 4 rings (SSSR count). The topological polar surface area (TPSA) is 142 Å². The van der Waals surface area contributed by atoms with Gasteiger partial charge in [-0.2, -0.15) is 4.98 Å². The first-order chi connectivity index (χ1) is 19.6. The zero-order chi connectivity index (χ0) is 29.6. The van der Waals surface area contributed by atoms with Crippen LogP contribution in [0.1, 0.15) is 78.8 Å². The predicted octanol–water partition coefficient (Wildman–Crippen LogP) is 4.82. The quantitative estimate of drug-likeness (QED) is 0.204. The fraction of sp³-hybridized carbons (Fsp3) is 0.500. The van der Waals surface area contributed by atoms with E-state index < -0.39 is 16.0 Å². The fourth-order valence-corrected chi connectivity index (χ4v) is 5.88. The Hall–Kier alpha value is -3.44. The van der Waals surface area contributed by atoms with E-state index in [1.807, 2.05) is 37.3 Å². The largest absolute Gasteiger partial charge is 0.481 e. The number of carboxylic acids is 1. The number of sulfonamides is 1. The molecule has 2 aromatic heterocycles. The minimum Gasteiger partial charge on any atom is -0.481 e. The van der Waals surface area contributed by atoms with Gasteiger partial charge in [-0.15, -0.1) is 0 Å². The standard InChI is InChI=1S/C30H40N4O6S/c1-20-10-12-22(13-11-20)27-26(29(37)31-2)24-19-23(21-14-15-21)28(33-30(24)40-27)34(41(3,38)39)18-7-5-4-6-16-32-17-8-9-25(35)36/h10-13,19,21,32H,4-9,14-18H2,1-3H3,(H,31,37)(H,35,36). The second kappa shape index (κ2) is 13.5. The maximum absolute atomic E-state index is 13.0. The Morgan fingerprint density at radius 3 is 2.39 bits per heavy atom. The molecule has 0 spiro atoms. The number of hydrogen-bond donors (Lipinski definition) is 3. The van der Waals surface area contributed by atoms with Crippen molar-refractivity contribution in [3.8, 4) is 11.3 Å². The third-order valence-electron chi connectivity index (χ3n) is 7.32. The molecule has 0 saturated heterocycles. The highest BCUT2D eigenvalue weighted by atomic mass is 32.2. The highest BCUT2D eigenvalue weighted by molar-refractivity contribution is 7.92. The van der Waals surface area contributed by atoms with Crippen molar-refractivity contribution in [3.05, 3.63) is 47.0 Å². The summed E-state index contributed by atoms with van der Waals surface area (Å²) >= 11 is 0. The number of carbonyl (C=O) groups is 2. The molecule has 11 heteroatoms. The lowest BCUT2D eigenvalue weighted by atomic mass is 10.0. The number of hydrogen-bond acceptors (Lipinski definition) is 7. The van der Waals surface area contributed by atoms with E-state index in [1.165, 1.54) is 10.6 Å². The molecular weight excluding hydrogens is 544 g/mol. The number of anilines is 1. The van der Waals surface area contributed by atoms with Crippen LogP contribution in [-0.4, -0.2) is 63.3 Å². The molecule has 41 heavy (non-hydrogen) atoms. The van der Waals surface area contributed by atoms with Crippen LogP contribution in [0.5, 0.6) is 0 Å². The van der Waals surface area contributed by atoms with Gasteiger partial charge in [-0.05, 0) is 69.7 Å². The Kier molecular flexibility index (Phi) is 10.0. The molecule has 222 valence electrons. The van der Waals surface area contributed by atoms with Crippen LogP contribution in [0.3, 0.4) is 0 Å². The number of aryl methyl sites for hydroxylation is 1. The zero-order valence-electron chi connectivity index (χ0n) is 24.0. The number of aromatic nitrogens is 1. The molecule has 1 saturated carbocycles. The number of rotatable bonds is 16. The molecule has 1 aromatic carbocycles. The van der Waals surface area contributed by atoms with Crippen LogP contribution in [0.2, 0.25) is 0 Å². The van der Waals surface area contributed by atoms with Crippen molar-refractivity contribution in [2.75, 3.05) is 37.2 Å².